The number of benzene rings is 3. The number of amides is 2. The molecule has 1 heterocycles. The molecule has 0 unspecified atom stereocenters. The van der Waals surface area contributed by atoms with E-state index in [1.54, 1.807) is 18.2 Å². The summed E-state index contributed by atoms with van der Waals surface area (Å²) in [5.41, 5.74) is 1.43. The number of hydrogen-bond acceptors (Lipinski definition) is 6. The fraction of sp³-hybridized carbons (Fsp3) is 0.375. The summed E-state index contributed by atoms with van der Waals surface area (Å²) in [4.78, 5) is 29.6. The number of anilines is 1. The van der Waals surface area contributed by atoms with Crippen LogP contribution in [0.3, 0.4) is 0 Å². The molecule has 0 aromatic heterocycles. The molecule has 42 heavy (non-hydrogen) atoms. The number of fused-ring (bicyclic) bond motifs is 1. The molecule has 1 N–H and O–H groups in total. The summed E-state index contributed by atoms with van der Waals surface area (Å²) >= 11 is 0. The van der Waals surface area contributed by atoms with E-state index in [-0.39, 0.29) is 30.3 Å². The molecule has 0 fully saturated rings. The van der Waals surface area contributed by atoms with E-state index in [1.165, 1.54) is 11.8 Å². The number of nitrogens with zero attached hydrogens (tertiary/aromatic N) is 2. The molecule has 0 spiro atoms. The van der Waals surface area contributed by atoms with Crippen LogP contribution in [0.4, 0.5) is 5.69 Å². The number of carbonyl (C=O) groups is 2. The molecule has 0 aliphatic carbocycles. The van der Waals surface area contributed by atoms with Gasteiger partial charge >= 0.3 is 0 Å². The molecule has 3 aromatic rings. The maximum atomic E-state index is 14.3. The van der Waals surface area contributed by atoms with Crippen molar-refractivity contribution in [1.82, 2.24) is 10.2 Å². The van der Waals surface area contributed by atoms with Crippen molar-refractivity contribution in [2.24, 2.45) is 0 Å². The third-order valence-electron chi connectivity index (χ3n) is 6.76. The summed E-state index contributed by atoms with van der Waals surface area (Å²) in [5.74, 6) is -0.117. The zero-order valence-electron chi connectivity index (χ0n) is 24.6. The SMILES string of the molecule is CCS(=O)(=O)N(CC(=O)N(Cc1ccccc1)[C@H](Cc1ccccc1)C(=O)NC(C)(C)C)c1ccc2c(c1)OCCO2. The Labute approximate surface area is 248 Å². The van der Waals surface area contributed by atoms with Crippen molar-refractivity contribution in [2.45, 2.75) is 52.2 Å². The van der Waals surface area contributed by atoms with Crippen LogP contribution >= 0.6 is 0 Å². The quantitative estimate of drug-likeness (QED) is 0.358. The molecule has 2 amide bonds. The van der Waals surface area contributed by atoms with Gasteiger partial charge in [-0.15, -0.1) is 0 Å². The molecule has 0 saturated heterocycles. The molecule has 0 bridgehead atoms. The number of hydrogen-bond donors (Lipinski definition) is 1. The molecule has 0 radical (unpaired) electrons. The molecule has 9 nitrogen and oxygen atoms in total. The van der Waals surface area contributed by atoms with Crippen LogP contribution in [0.25, 0.3) is 0 Å². The van der Waals surface area contributed by atoms with Crippen molar-refractivity contribution in [3.8, 4) is 11.5 Å². The van der Waals surface area contributed by atoms with Crippen LogP contribution in [0.1, 0.15) is 38.8 Å². The highest BCUT2D eigenvalue weighted by Gasteiger charge is 2.35. The predicted octanol–water partition coefficient (Wildman–Crippen LogP) is 4.17. The minimum absolute atomic E-state index is 0.121. The first-order valence-electron chi connectivity index (χ1n) is 14.1. The Morgan fingerprint density at radius 2 is 1.48 bits per heavy atom. The second-order valence-corrected chi connectivity index (χ2v) is 13.4. The molecule has 10 heteroatoms. The monoisotopic (exact) mass is 593 g/mol. The fourth-order valence-corrected chi connectivity index (χ4v) is 5.75. The summed E-state index contributed by atoms with van der Waals surface area (Å²) in [6.45, 7) is 7.54. The minimum Gasteiger partial charge on any atom is -0.486 e. The summed E-state index contributed by atoms with van der Waals surface area (Å²) in [6, 6.07) is 22.8. The summed E-state index contributed by atoms with van der Waals surface area (Å²) < 4.78 is 39.1. The minimum atomic E-state index is -3.89. The van der Waals surface area contributed by atoms with Gasteiger partial charge in [0.05, 0.1) is 11.4 Å². The molecule has 4 rings (SSSR count). The largest absolute Gasteiger partial charge is 0.486 e. The number of nitrogens with one attached hydrogen (secondary N) is 1. The van der Waals surface area contributed by atoms with Gasteiger partial charge < -0.3 is 19.7 Å². The van der Waals surface area contributed by atoms with Gasteiger partial charge in [0.1, 0.15) is 25.8 Å². The zero-order valence-corrected chi connectivity index (χ0v) is 25.4. The average Bonchev–Trinajstić information content (AvgIpc) is 2.97. The second-order valence-electron chi connectivity index (χ2n) is 11.2. The topological polar surface area (TPSA) is 105 Å². The van der Waals surface area contributed by atoms with Crippen LogP contribution < -0.4 is 19.1 Å². The Balaban J connectivity index is 1.75. The van der Waals surface area contributed by atoms with Crippen LogP contribution in [0.15, 0.2) is 78.9 Å². The molecule has 1 aliphatic heterocycles. The van der Waals surface area contributed by atoms with E-state index in [2.05, 4.69) is 5.32 Å². The number of carbonyl (C=O) groups excluding carboxylic acids is 2. The lowest BCUT2D eigenvalue weighted by atomic mass is 10.0. The van der Waals surface area contributed by atoms with Gasteiger partial charge in [0, 0.05) is 24.6 Å². The van der Waals surface area contributed by atoms with Crippen molar-refractivity contribution in [1.29, 1.82) is 0 Å². The van der Waals surface area contributed by atoms with Gasteiger partial charge in [-0.3, -0.25) is 13.9 Å². The van der Waals surface area contributed by atoms with Gasteiger partial charge in [0.25, 0.3) is 0 Å². The molecule has 1 atom stereocenters. The first-order valence-corrected chi connectivity index (χ1v) is 15.7. The van der Waals surface area contributed by atoms with Crippen LogP contribution in [0.5, 0.6) is 11.5 Å². The number of ether oxygens (including phenoxy) is 2. The van der Waals surface area contributed by atoms with Crippen LogP contribution in [-0.4, -0.2) is 62.2 Å². The van der Waals surface area contributed by atoms with Crippen molar-refractivity contribution >= 4 is 27.5 Å². The second kappa shape index (κ2) is 13.3. The normalized spacial score (nSPS) is 13.6. The smallest absolute Gasteiger partial charge is 0.244 e. The van der Waals surface area contributed by atoms with Gasteiger partial charge in [-0.2, -0.15) is 0 Å². The van der Waals surface area contributed by atoms with Crippen molar-refractivity contribution in [3.05, 3.63) is 90.0 Å². The van der Waals surface area contributed by atoms with Gasteiger partial charge in [-0.05, 0) is 51.0 Å². The van der Waals surface area contributed by atoms with Crippen molar-refractivity contribution in [3.63, 3.8) is 0 Å². The third kappa shape index (κ3) is 8.03. The number of rotatable bonds is 11. The van der Waals surface area contributed by atoms with E-state index in [0.29, 0.717) is 24.7 Å². The Morgan fingerprint density at radius 3 is 2.07 bits per heavy atom. The molecule has 0 saturated carbocycles. The van der Waals surface area contributed by atoms with E-state index in [0.717, 1.165) is 15.4 Å². The molecule has 3 aromatic carbocycles. The van der Waals surface area contributed by atoms with Gasteiger partial charge in [-0.25, -0.2) is 8.42 Å². The molecular formula is C32H39N3O6S. The highest BCUT2D eigenvalue weighted by molar-refractivity contribution is 7.92. The summed E-state index contributed by atoms with van der Waals surface area (Å²) in [7, 11) is -3.89. The fourth-order valence-electron chi connectivity index (χ4n) is 4.69. The zero-order chi connectivity index (χ0) is 30.3. The van der Waals surface area contributed by atoms with Crippen LogP contribution in [0.2, 0.25) is 0 Å². The molecule has 224 valence electrons. The Morgan fingerprint density at radius 1 is 0.881 bits per heavy atom. The maximum absolute atomic E-state index is 14.3. The lowest BCUT2D eigenvalue weighted by Crippen LogP contribution is -2.56. The van der Waals surface area contributed by atoms with Crippen LogP contribution in [-0.2, 0) is 32.6 Å². The van der Waals surface area contributed by atoms with Gasteiger partial charge in [0.15, 0.2) is 11.5 Å². The number of sulfonamides is 1. The summed E-state index contributed by atoms with van der Waals surface area (Å²) in [5, 5.41) is 3.03. The van der Waals surface area contributed by atoms with Gasteiger partial charge in [-0.1, -0.05) is 60.7 Å². The highest BCUT2D eigenvalue weighted by atomic mass is 32.2. The first kappa shape index (κ1) is 30.9. The van der Waals surface area contributed by atoms with Crippen LogP contribution in [0, 0.1) is 0 Å². The standard InChI is InChI=1S/C32H39N3O6S/c1-5-42(38,39)35(26-16-17-28-29(21-26)41-19-18-40-28)23-30(36)34(22-25-14-10-7-11-15-25)27(31(37)33-32(2,3)4)20-24-12-8-6-9-13-24/h6-17,21,27H,5,18-20,22-23H2,1-4H3,(H,33,37)/t27-/m1/s1. The van der Waals surface area contributed by atoms with E-state index < -0.39 is 34.1 Å². The lowest BCUT2D eigenvalue weighted by Gasteiger charge is -2.35. The summed E-state index contributed by atoms with van der Waals surface area (Å²) in [6.07, 6.45) is 0.256. The molecule has 1 aliphatic rings. The maximum Gasteiger partial charge on any atom is 0.244 e. The van der Waals surface area contributed by atoms with E-state index in [9.17, 15) is 18.0 Å². The van der Waals surface area contributed by atoms with E-state index in [4.69, 9.17) is 9.47 Å². The van der Waals surface area contributed by atoms with E-state index in [1.807, 2.05) is 81.4 Å². The third-order valence-corrected chi connectivity index (χ3v) is 8.50. The Hall–Kier alpha value is -4.05. The Bertz CT molecular complexity index is 1470. The highest BCUT2D eigenvalue weighted by Crippen LogP contribution is 2.35. The first-order chi connectivity index (χ1) is 20.0. The predicted molar refractivity (Wildman–Crippen MR) is 163 cm³/mol. The van der Waals surface area contributed by atoms with E-state index >= 15 is 0 Å². The van der Waals surface area contributed by atoms with Crippen molar-refractivity contribution in [2.75, 3.05) is 29.8 Å². The Kier molecular flexibility index (Phi) is 9.78. The average molecular weight is 594 g/mol. The van der Waals surface area contributed by atoms with Gasteiger partial charge in [0.2, 0.25) is 21.8 Å². The lowest BCUT2D eigenvalue weighted by molar-refractivity contribution is -0.140. The molecular weight excluding hydrogens is 554 g/mol. The van der Waals surface area contributed by atoms with Crippen molar-refractivity contribution < 1.29 is 27.5 Å².